The number of nitrogens with zero attached hydrogens (tertiary/aromatic N) is 5. The number of fused-ring (bicyclic) bond motifs is 2. The molecule has 0 bridgehead atoms. The molecular weight excluding hydrogens is 402 g/mol. The fraction of sp³-hybridized carbons (Fsp3) is 0. The zero-order chi connectivity index (χ0) is 21.9. The second kappa shape index (κ2) is 8.15. The lowest BCUT2D eigenvalue weighted by atomic mass is 10.2. The van der Waals surface area contributed by atoms with Crippen molar-refractivity contribution in [2.24, 2.45) is 0 Å². The Bertz CT molecular complexity index is 1340. The summed E-state index contributed by atoms with van der Waals surface area (Å²) in [5, 5.41) is 0. The van der Waals surface area contributed by atoms with Crippen LogP contribution in [-0.4, -0.2) is 34.9 Å². The van der Waals surface area contributed by atoms with Gasteiger partial charge in [-0.1, -0.05) is 24.3 Å². The maximum absolute atomic E-state index is 5.80. The SMILES string of the molecule is Nc1ncccc1-c1nc2ccccc2[nH]1.Nc1ncncc1-c1nc2ccccc2[nH]1. The first-order chi connectivity index (χ1) is 15.7. The summed E-state index contributed by atoms with van der Waals surface area (Å²) in [5.74, 6) is 2.36. The molecular formula is C23H19N9. The van der Waals surface area contributed by atoms with Gasteiger partial charge >= 0.3 is 0 Å². The molecule has 9 heteroatoms. The van der Waals surface area contributed by atoms with Crippen LogP contribution in [0.3, 0.4) is 0 Å². The van der Waals surface area contributed by atoms with Crippen LogP contribution in [0.2, 0.25) is 0 Å². The zero-order valence-corrected chi connectivity index (χ0v) is 16.9. The molecule has 6 N–H and O–H groups in total. The van der Waals surface area contributed by atoms with Gasteiger partial charge in [0.1, 0.15) is 29.6 Å². The first-order valence-electron chi connectivity index (χ1n) is 9.85. The first kappa shape index (κ1) is 19.2. The number of para-hydroxylation sites is 4. The first-order valence-corrected chi connectivity index (χ1v) is 9.85. The zero-order valence-electron chi connectivity index (χ0n) is 16.9. The summed E-state index contributed by atoms with van der Waals surface area (Å²) in [7, 11) is 0. The van der Waals surface area contributed by atoms with Crippen molar-refractivity contribution in [3.8, 4) is 22.8 Å². The van der Waals surface area contributed by atoms with Gasteiger partial charge in [0.05, 0.1) is 33.2 Å². The molecule has 0 spiro atoms. The molecule has 2 aromatic carbocycles. The molecule has 0 aliphatic heterocycles. The number of anilines is 2. The Kier molecular flexibility index (Phi) is 4.89. The summed E-state index contributed by atoms with van der Waals surface area (Å²) in [4.78, 5) is 27.2. The number of aromatic amines is 2. The smallest absolute Gasteiger partial charge is 0.143 e. The maximum atomic E-state index is 5.80. The Hall–Kier alpha value is -4.79. The van der Waals surface area contributed by atoms with E-state index in [9.17, 15) is 0 Å². The van der Waals surface area contributed by atoms with Crippen LogP contribution >= 0.6 is 0 Å². The number of nitrogen functional groups attached to an aromatic ring is 2. The summed E-state index contributed by atoms with van der Waals surface area (Å²) in [6, 6.07) is 19.4. The van der Waals surface area contributed by atoms with Crippen LogP contribution in [0.5, 0.6) is 0 Å². The van der Waals surface area contributed by atoms with Gasteiger partial charge < -0.3 is 21.4 Å². The van der Waals surface area contributed by atoms with Gasteiger partial charge in [0.2, 0.25) is 0 Å². The van der Waals surface area contributed by atoms with E-state index in [-0.39, 0.29) is 0 Å². The second-order valence-electron chi connectivity index (χ2n) is 6.96. The summed E-state index contributed by atoms with van der Waals surface area (Å²) in [6.07, 6.45) is 4.74. The van der Waals surface area contributed by atoms with E-state index in [1.807, 2.05) is 60.7 Å². The molecule has 0 radical (unpaired) electrons. The lowest BCUT2D eigenvalue weighted by Gasteiger charge is -1.98. The van der Waals surface area contributed by atoms with Crippen LogP contribution in [0.15, 0.2) is 79.4 Å². The number of rotatable bonds is 2. The van der Waals surface area contributed by atoms with Crippen LogP contribution in [0.1, 0.15) is 0 Å². The van der Waals surface area contributed by atoms with Crippen LogP contribution in [0.25, 0.3) is 44.8 Å². The Morgan fingerprint density at radius 3 is 1.81 bits per heavy atom. The Balaban J connectivity index is 0.000000135. The molecule has 0 fully saturated rings. The molecule has 6 aromatic rings. The minimum atomic E-state index is 0.425. The molecule has 156 valence electrons. The number of imidazole rings is 2. The van der Waals surface area contributed by atoms with E-state index in [0.717, 1.165) is 39.0 Å². The van der Waals surface area contributed by atoms with E-state index in [0.29, 0.717) is 17.5 Å². The Morgan fingerprint density at radius 1 is 0.625 bits per heavy atom. The fourth-order valence-corrected chi connectivity index (χ4v) is 3.30. The van der Waals surface area contributed by atoms with Crippen molar-refractivity contribution in [3.63, 3.8) is 0 Å². The lowest BCUT2D eigenvalue weighted by molar-refractivity contribution is 1.16. The highest BCUT2D eigenvalue weighted by Gasteiger charge is 2.09. The second-order valence-corrected chi connectivity index (χ2v) is 6.96. The number of pyridine rings is 1. The van der Waals surface area contributed by atoms with Crippen molar-refractivity contribution >= 4 is 33.7 Å². The molecule has 0 aliphatic rings. The normalized spacial score (nSPS) is 10.8. The maximum Gasteiger partial charge on any atom is 0.143 e. The highest BCUT2D eigenvalue weighted by atomic mass is 15.0. The predicted molar refractivity (Wildman–Crippen MR) is 125 cm³/mol. The average Bonchev–Trinajstić information content (AvgIpc) is 3.44. The summed E-state index contributed by atoms with van der Waals surface area (Å²) >= 11 is 0. The number of hydrogen-bond acceptors (Lipinski definition) is 7. The average molecular weight is 421 g/mol. The predicted octanol–water partition coefficient (Wildman–Crippen LogP) is 3.81. The monoisotopic (exact) mass is 421 g/mol. The standard InChI is InChI=1S/C12H10N4.C11H9N5/c13-11-8(4-3-7-14-11)12-15-9-5-1-2-6-10(9)16-12;12-10-7(5-13-6-14-10)11-15-8-3-1-2-4-9(8)16-11/h1-7H,(H2,13,14)(H,15,16);1-6H,(H,15,16)(H2,12,13,14). The van der Waals surface area contributed by atoms with Gasteiger partial charge in [0.15, 0.2) is 0 Å². The van der Waals surface area contributed by atoms with Gasteiger partial charge in [0.25, 0.3) is 0 Å². The number of H-pyrrole nitrogens is 2. The molecule has 32 heavy (non-hydrogen) atoms. The van der Waals surface area contributed by atoms with Crippen LogP contribution in [0, 0.1) is 0 Å². The van der Waals surface area contributed by atoms with Crippen LogP contribution < -0.4 is 11.5 Å². The summed E-state index contributed by atoms with van der Waals surface area (Å²) in [5.41, 5.74) is 16.9. The molecule has 4 aromatic heterocycles. The number of nitrogens with one attached hydrogen (secondary N) is 2. The van der Waals surface area contributed by atoms with E-state index in [1.54, 1.807) is 12.4 Å². The fourth-order valence-electron chi connectivity index (χ4n) is 3.30. The van der Waals surface area contributed by atoms with Crippen molar-refractivity contribution in [3.05, 3.63) is 79.4 Å². The quantitative estimate of drug-likeness (QED) is 0.332. The Labute approximate surface area is 182 Å². The summed E-state index contributed by atoms with van der Waals surface area (Å²) < 4.78 is 0. The van der Waals surface area contributed by atoms with Gasteiger partial charge in [0, 0.05) is 12.4 Å². The lowest BCUT2D eigenvalue weighted by Crippen LogP contribution is -1.95. The van der Waals surface area contributed by atoms with E-state index in [1.165, 1.54) is 6.33 Å². The molecule has 0 saturated carbocycles. The van der Waals surface area contributed by atoms with E-state index >= 15 is 0 Å². The molecule has 9 nitrogen and oxygen atoms in total. The molecule has 0 aliphatic carbocycles. The number of hydrogen-bond donors (Lipinski definition) is 4. The molecule has 0 saturated heterocycles. The van der Waals surface area contributed by atoms with Crippen molar-refractivity contribution in [2.75, 3.05) is 11.5 Å². The van der Waals surface area contributed by atoms with Crippen molar-refractivity contribution in [1.29, 1.82) is 0 Å². The Morgan fingerprint density at radius 2 is 1.22 bits per heavy atom. The minimum Gasteiger partial charge on any atom is -0.383 e. The number of aromatic nitrogens is 7. The highest BCUT2D eigenvalue weighted by Crippen LogP contribution is 2.24. The third-order valence-electron chi connectivity index (χ3n) is 4.87. The van der Waals surface area contributed by atoms with Gasteiger partial charge in [-0.05, 0) is 36.4 Å². The minimum absolute atomic E-state index is 0.425. The number of benzene rings is 2. The van der Waals surface area contributed by atoms with Gasteiger partial charge in [-0.25, -0.2) is 24.9 Å². The third kappa shape index (κ3) is 3.70. The molecule has 0 unspecified atom stereocenters. The molecule has 6 rings (SSSR count). The van der Waals surface area contributed by atoms with Crippen LogP contribution in [0.4, 0.5) is 11.6 Å². The molecule has 0 atom stereocenters. The van der Waals surface area contributed by atoms with E-state index in [2.05, 4.69) is 34.9 Å². The highest BCUT2D eigenvalue weighted by molar-refractivity contribution is 5.82. The third-order valence-corrected chi connectivity index (χ3v) is 4.87. The topological polar surface area (TPSA) is 148 Å². The van der Waals surface area contributed by atoms with Gasteiger partial charge in [-0.3, -0.25) is 0 Å². The molecule has 0 amide bonds. The van der Waals surface area contributed by atoms with Crippen LogP contribution in [-0.2, 0) is 0 Å². The number of nitrogens with two attached hydrogens (primary N) is 2. The van der Waals surface area contributed by atoms with Crippen molar-refractivity contribution in [1.82, 2.24) is 34.9 Å². The van der Waals surface area contributed by atoms with Crippen molar-refractivity contribution < 1.29 is 0 Å². The summed E-state index contributed by atoms with van der Waals surface area (Å²) in [6.45, 7) is 0. The van der Waals surface area contributed by atoms with Gasteiger partial charge in [-0.15, -0.1) is 0 Å². The molecule has 4 heterocycles. The van der Waals surface area contributed by atoms with E-state index < -0.39 is 0 Å². The van der Waals surface area contributed by atoms with Crippen molar-refractivity contribution in [2.45, 2.75) is 0 Å². The van der Waals surface area contributed by atoms with Gasteiger partial charge in [-0.2, -0.15) is 0 Å². The largest absolute Gasteiger partial charge is 0.383 e. The van der Waals surface area contributed by atoms with E-state index in [4.69, 9.17) is 11.5 Å².